The molecular weight excluding hydrogens is 447 g/mol. The number of ether oxygens (including phenoxy) is 3. The van der Waals surface area contributed by atoms with E-state index in [9.17, 15) is 4.57 Å². The van der Waals surface area contributed by atoms with Crippen LogP contribution < -0.4 is 15.3 Å². The van der Waals surface area contributed by atoms with Gasteiger partial charge in [-0.3, -0.25) is 4.57 Å². The third-order valence-electron chi connectivity index (χ3n) is 5.19. The number of rotatable bonds is 11. The Morgan fingerprint density at radius 3 is 2.73 bits per heavy atom. The van der Waals surface area contributed by atoms with Gasteiger partial charge in [-0.25, -0.2) is 20.0 Å². The summed E-state index contributed by atoms with van der Waals surface area (Å²) in [6, 6.07) is 8.71. The van der Waals surface area contributed by atoms with Crippen LogP contribution in [-0.4, -0.2) is 57.5 Å². The number of nitrogens with one attached hydrogen (secondary N) is 1. The van der Waals surface area contributed by atoms with Gasteiger partial charge in [-0.05, 0) is 25.5 Å². The van der Waals surface area contributed by atoms with Gasteiger partial charge in [-0.2, -0.15) is 0 Å². The zero-order chi connectivity index (χ0) is 23.3. The molecule has 1 aliphatic heterocycles. The smallest absolute Gasteiger partial charge is 0.342 e. The van der Waals surface area contributed by atoms with Crippen LogP contribution in [0.15, 0.2) is 43.0 Å². The second-order valence-electron chi connectivity index (χ2n) is 7.77. The van der Waals surface area contributed by atoms with Crippen LogP contribution in [0.25, 0.3) is 11.2 Å². The molecule has 2 unspecified atom stereocenters. The van der Waals surface area contributed by atoms with Crippen molar-refractivity contribution in [2.24, 2.45) is 0 Å². The molecule has 33 heavy (non-hydrogen) atoms. The van der Waals surface area contributed by atoms with Crippen molar-refractivity contribution in [2.75, 3.05) is 25.3 Å². The van der Waals surface area contributed by atoms with E-state index in [1.807, 2.05) is 36.6 Å². The minimum atomic E-state index is -3.47. The summed E-state index contributed by atoms with van der Waals surface area (Å²) in [6.07, 6.45) is 2.73. The highest BCUT2D eigenvalue weighted by Gasteiger charge is 2.35. The minimum absolute atomic E-state index is 0.143. The molecule has 12 heteroatoms. The molecule has 11 nitrogen and oxygen atoms in total. The molecule has 0 radical (unpaired) electrons. The van der Waals surface area contributed by atoms with Crippen LogP contribution in [0, 0.1) is 0 Å². The van der Waals surface area contributed by atoms with Gasteiger partial charge in [0.15, 0.2) is 17.8 Å². The van der Waals surface area contributed by atoms with Crippen molar-refractivity contribution in [3.8, 4) is 5.75 Å². The number of hydrogen-bond acceptors (Lipinski definition) is 9. The van der Waals surface area contributed by atoms with Crippen LogP contribution in [0.5, 0.6) is 5.75 Å². The van der Waals surface area contributed by atoms with Crippen LogP contribution >= 0.6 is 7.52 Å². The number of para-hydroxylation sites is 1. The Labute approximate surface area is 192 Å². The second-order valence-corrected chi connectivity index (χ2v) is 9.81. The molecule has 1 aromatic carbocycles. The lowest BCUT2D eigenvalue weighted by Crippen LogP contribution is -2.40. The highest BCUT2D eigenvalue weighted by molar-refractivity contribution is 7.57. The number of fused-ring (bicyclic) bond motifs is 1. The van der Waals surface area contributed by atoms with Crippen molar-refractivity contribution in [1.82, 2.24) is 24.6 Å². The highest BCUT2D eigenvalue weighted by Crippen LogP contribution is 2.44. The summed E-state index contributed by atoms with van der Waals surface area (Å²) in [7, 11) is -3.47. The lowest BCUT2D eigenvalue weighted by molar-refractivity contribution is -0.0639. The van der Waals surface area contributed by atoms with Gasteiger partial charge in [-0.1, -0.05) is 25.1 Å². The van der Waals surface area contributed by atoms with Gasteiger partial charge in [0.2, 0.25) is 0 Å². The molecule has 2 aromatic heterocycles. The first-order valence-electron chi connectivity index (χ1n) is 10.8. The summed E-state index contributed by atoms with van der Waals surface area (Å²) in [5.74, 6) is 0.805. The zero-order valence-electron chi connectivity index (χ0n) is 18.7. The summed E-state index contributed by atoms with van der Waals surface area (Å²) in [4.78, 5) is 12.5. The first-order chi connectivity index (χ1) is 16.0. The molecule has 1 saturated heterocycles. The fourth-order valence-corrected chi connectivity index (χ4v) is 5.44. The van der Waals surface area contributed by atoms with E-state index in [4.69, 9.17) is 24.5 Å². The molecule has 0 saturated carbocycles. The van der Waals surface area contributed by atoms with Gasteiger partial charge in [0.05, 0.1) is 38.2 Å². The number of nitrogens with two attached hydrogens (primary N) is 1. The molecule has 0 amide bonds. The average Bonchev–Trinajstić information content (AvgIpc) is 3.49. The molecule has 1 fully saturated rings. The van der Waals surface area contributed by atoms with E-state index in [2.05, 4.69) is 20.0 Å². The molecule has 1 aliphatic rings. The molecule has 4 rings (SSSR count). The van der Waals surface area contributed by atoms with Crippen molar-refractivity contribution in [3.63, 3.8) is 0 Å². The predicted octanol–water partition coefficient (Wildman–Crippen LogP) is 2.78. The number of nitrogen functional groups attached to an aromatic ring is 1. The maximum Gasteiger partial charge on any atom is 0.342 e. The van der Waals surface area contributed by atoms with E-state index in [1.54, 1.807) is 18.5 Å². The minimum Gasteiger partial charge on any atom is -0.431 e. The maximum atomic E-state index is 13.8. The first kappa shape index (κ1) is 23.6. The van der Waals surface area contributed by atoms with E-state index in [0.29, 0.717) is 48.9 Å². The fraction of sp³-hybridized carbons (Fsp3) is 0.476. The first-order valence-corrected chi connectivity index (χ1v) is 12.7. The summed E-state index contributed by atoms with van der Waals surface area (Å²) < 4.78 is 38.8. The number of aromatic nitrogens is 4. The Hall–Kier alpha value is -2.56. The van der Waals surface area contributed by atoms with E-state index >= 15 is 0 Å². The Morgan fingerprint density at radius 1 is 1.24 bits per heavy atom. The Bertz CT molecular complexity index is 1090. The van der Waals surface area contributed by atoms with Gasteiger partial charge in [0, 0.05) is 0 Å². The van der Waals surface area contributed by atoms with E-state index in [1.165, 1.54) is 6.33 Å². The molecule has 3 atom stereocenters. The molecule has 178 valence electrons. The monoisotopic (exact) mass is 476 g/mol. The number of anilines is 1. The van der Waals surface area contributed by atoms with Crippen molar-refractivity contribution in [1.29, 1.82) is 0 Å². The van der Waals surface area contributed by atoms with Gasteiger partial charge in [0.25, 0.3) is 0 Å². The van der Waals surface area contributed by atoms with E-state index < -0.39 is 13.8 Å². The number of hydrogen-bond donors (Lipinski definition) is 2. The third-order valence-corrected chi connectivity index (χ3v) is 6.91. The Kier molecular flexibility index (Phi) is 7.56. The van der Waals surface area contributed by atoms with Crippen molar-refractivity contribution in [3.05, 3.63) is 43.0 Å². The standard InChI is InChI=1S/C21H29N6O5P/c1-3-17(21-29-9-10-30-21)26-33(28,32-16-7-5-4-6-8-16)14-31-15(2)11-27-13-25-18-19(22)23-12-24-20(18)27/h4-8,12-13,15,17,21H,3,9-11,14H2,1-2H3,(H,26,28)(H2,22,23,24)/t15-,17?,33?/m1/s1. The molecule has 0 bridgehead atoms. The van der Waals surface area contributed by atoms with Crippen LogP contribution in [-0.2, 0) is 25.3 Å². The van der Waals surface area contributed by atoms with Crippen molar-refractivity contribution >= 4 is 24.5 Å². The van der Waals surface area contributed by atoms with Gasteiger partial charge in [0.1, 0.15) is 23.9 Å². The topological polar surface area (TPSA) is 136 Å². The lowest BCUT2D eigenvalue weighted by atomic mass is 10.2. The Balaban J connectivity index is 1.45. The average molecular weight is 476 g/mol. The molecule has 3 N–H and O–H groups in total. The number of benzene rings is 1. The summed E-state index contributed by atoms with van der Waals surface area (Å²) in [5.41, 5.74) is 7.01. The third kappa shape index (κ3) is 5.87. The summed E-state index contributed by atoms with van der Waals surface area (Å²) in [6.45, 7) is 5.30. The van der Waals surface area contributed by atoms with Crippen molar-refractivity contribution in [2.45, 2.75) is 45.2 Å². The molecule has 0 aliphatic carbocycles. The quantitative estimate of drug-likeness (QED) is 0.398. The van der Waals surface area contributed by atoms with E-state index in [-0.39, 0.29) is 18.5 Å². The lowest BCUT2D eigenvalue weighted by Gasteiger charge is -2.29. The molecule has 0 spiro atoms. The predicted molar refractivity (Wildman–Crippen MR) is 123 cm³/mol. The van der Waals surface area contributed by atoms with Crippen molar-refractivity contribution < 1.29 is 23.3 Å². The number of nitrogens with zero attached hydrogens (tertiary/aromatic N) is 4. The van der Waals surface area contributed by atoms with Crippen LogP contribution in [0.2, 0.25) is 0 Å². The molecule has 3 aromatic rings. The molecule has 3 heterocycles. The van der Waals surface area contributed by atoms with Gasteiger partial charge in [-0.15, -0.1) is 0 Å². The maximum absolute atomic E-state index is 13.8. The van der Waals surface area contributed by atoms with Crippen LogP contribution in [0.4, 0.5) is 5.82 Å². The summed E-state index contributed by atoms with van der Waals surface area (Å²) >= 11 is 0. The normalized spacial score (nSPS) is 18.2. The van der Waals surface area contributed by atoms with E-state index in [0.717, 1.165) is 0 Å². The van der Waals surface area contributed by atoms with Crippen LogP contribution in [0.3, 0.4) is 0 Å². The summed E-state index contributed by atoms with van der Waals surface area (Å²) in [5, 5.41) is 3.12. The Morgan fingerprint density at radius 2 is 2.00 bits per heavy atom. The fourth-order valence-electron chi connectivity index (χ4n) is 3.54. The molecular formula is C21H29N6O5P. The van der Waals surface area contributed by atoms with Gasteiger partial charge >= 0.3 is 7.52 Å². The highest BCUT2D eigenvalue weighted by atomic mass is 31.2. The second kappa shape index (κ2) is 10.6. The van der Waals surface area contributed by atoms with Gasteiger partial charge < -0.3 is 29.0 Å². The number of imidazole rings is 1. The zero-order valence-corrected chi connectivity index (χ0v) is 19.6. The SMILES string of the molecule is CCC(NP(=O)(CO[C@H](C)Cn1cnc2c(N)ncnc21)Oc1ccccc1)C1OCCO1. The largest absolute Gasteiger partial charge is 0.431 e. The van der Waals surface area contributed by atoms with Crippen LogP contribution in [0.1, 0.15) is 20.3 Å².